The van der Waals surface area contributed by atoms with E-state index in [0.717, 1.165) is 0 Å². The smallest absolute Gasteiger partial charge is 0.129 e. The summed E-state index contributed by atoms with van der Waals surface area (Å²) in [7, 11) is 0. The monoisotopic (exact) mass is 299 g/mol. The van der Waals surface area contributed by atoms with Crippen LogP contribution in [0.1, 0.15) is 23.3 Å². The molecule has 2 atom stereocenters. The van der Waals surface area contributed by atoms with Crippen LogP contribution in [0.2, 0.25) is 10.0 Å². The highest BCUT2D eigenvalue weighted by Gasteiger charge is 2.21. The Balaban J connectivity index is 2.30. The van der Waals surface area contributed by atoms with Crippen LogP contribution in [0.3, 0.4) is 0 Å². The van der Waals surface area contributed by atoms with Gasteiger partial charge in [-0.2, -0.15) is 0 Å². The second-order valence-corrected chi connectivity index (χ2v) is 5.06. The summed E-state index contributed by atoms with van der Waals surface area (Å²) < 4.78 is 13.8. The van der Waals surface area contributed by atoms with Crippen LogP contribution in [0, 0.1) is 5.82 Å². The molecule has 2 nitrogen and oxygen atoms in total. The van der Waals surface area contributed by atoms with E-state index in [9.17, 15) is 9.50 Å². The zero-order chi connectivity index (χ0) is 14.0. The van der Waals surface area contributed by atoms with Crippen LogP contribution in [-0.4, -0.2) is 5.11 Å². The Morgan fingerprint density at radius 3 is 2.37 bits per heavy atom. The van der Waals surface area contributed by atoms with Crippen LogP contribution in [-0.2, 0) is 0 Å². The Morgan fingerprint density at radius 1 is 1.05 bits per heavy atom. The van der Waals surface area contributed by atoms with E-state index in [4.69, 9.17) is 28.9 Å². The molecule has 0 radical (unpaired) electrons. The van der Waals surface area contributed by atoms with Gasteiger partial charge in [-0.1, -0.05) is 41.4 Å². The third kappa shape index (κ3) is 3.25. The van der Waals surface area contributed by atoms with Gasteiger partial charge in [-0.05, 0) is 29.8 Å². The molecule has 5 heteroatoms. The number of aliphatic hydroxyl groups excluding tert-OH is 1. The number of aliphatic hydroxyl groups is 1. The van der Waals surface area contributed by atoms with Crippen molar-refractivity contribution < 1.29 is 9.50 Å². The number of rotatable bonds is 3. The Labute approximate surface area is 120 Å². The average molecular weight is 300 g/mol. The van der Waals surface area contributed by atoms with Crippen LogP contribution in [0.25, 0.3) is 0 Å². The van der Waals surface area contributed by atoms with Gasteiger partial charge in [0.1, 0.15) is 5.82 Å². The van der Waals surface area contributed by atoms with Gasteiger partial charge in [-0.15, -0.1) is 0 Å². The van der Waals surface area contributed by atoms with Gasteiger partial charge in [-0.3, -0.25) is 0 Å². The summed E-state index contributed by atoms with van der Waals surface area (Å²) in [6.45, 7) is 0. The SMILES string of the molecule is N[C@H](c1ccc(Cl)cc1F)C(O)c1cccc(Cl)c1. The van der Waals surface area contributed by atoms with Crippen molar-refractivity contribution in [3.63, 3.8) is 0 Å². The first-order chi connectivity index (χ1) is 8.99. The Kier molecular flexibility index (Phi) is 4.42. The van der Waals surface area contributed by atoms with E-state index >= 15 is 0 Å². The maximum atomic E-state index is 13.8. The highest BCUT2D eigenvalue weighted by molar-refractivity contribution is 6.30. The molecular formula is C14H12Cl2FNO. The molecule has 0 aromatic heterocycles. The van der Waals surface area contributed by atoms with Crippen LogP contribution >= 0.6 is 23.2 Å². The lowest BCUT2D eigenvalue weighted by Gasteiger charge is -2.20. The van der Waals surface area contributed by atoms with Gasteiger partial charge in [0.2, 0.25) is 0 Å². The van der Waals surface area contributed by atoms with Crippen molar-refractivity contribution in [2.24, 2.45) is 5.73 Å². The second-order valence-electron chi connectivity index (χ2n) is 4.19. The first-order valence-electron chi connectivity index (χ1n) is 5.63. The highest BCUT2D eigenvalue weighted by atomic mass is 35.5. The summed E-state index contributed by atoms with van der Waals surface area (Å²) in [6, 6.07) is 9.94. The molecule has 0 bridgehead atoms. The minimum Gasteiger partial charge on any atom is -0.386 e. The Hall–Kier alpha value is -1.13. The van der Waals surface area contributed by atoms with Crippen molar-refractivity contribution in [3.8, 4) is 0 Å². The number of nitrogens with two attached hydrogens (primary N) is 1. The fourth-order valence-electron chi connectivity index (χ4n) is 1.84. The summed E-state index contributed by atoms with van der Waals surface area (Å²) in [5.41, 5.74) is 6.64. The molecule has 0 spiro atoms. The predicted molar refractivity (Wildman–Crippen MR) is 74.8 cm³/mol. The molecule has 3 N–H and O–H groups in total. The van der Waals surface area contributed by atoms with Crippen molar-refractivity contribution in [3.05, 3.63) is 69.5 Å². The van der Waals surface area contributed by atoms with E-state index in [0.29, 0.717) is 10.6 Å². The number of hydrogen-bond acceptors (Lipinski definition) is 2. The van der Waals surface area contributed by atoms with Gasteiger partial charge in [0.25, 0.3) is 0 Å². The molecule has 1 unspecified atom stereocenters. The predicted octanol–water partition coefficient (Wildman–Crippen LogP) is 3.87. The van der Waals surface area contributed by atoms with E-state index < -0.39 is 18.0 Å². The van der Waals surface area contributed by atoms with Crippen molar-refractivity contribution in [2.75, 3.05) is 0 Å². The lowest BCUT2D eigenvalue weighted by atomic mass is 9.96. The first kappa shape index (κ1) is 14.3. The maximum Gasteiger partial charge on any atom is 0.129 e. The molecule has 0 aliphatic carbocycles. The molecule has 0 heterocycles. The third-order valence-corrected chi connectivity index (χ3v) is 3.32. The molecule has 2 aromatic carbocycles. The summed E-state index contributed by atoms with van der Waals surface area (Å²) in [4.78, 5) is 0. The van der Waals surface area contributed by atoms with Crippen molar-refractivity contribution in [2.45, 2.75) is 12.1 Å². The van der Waals surface area contributed by atoms with Gasteiger partial charge in [0.05, 0.1) is 12.1 Å². The topological polar surface area (TPSA) is 46.2 Å². The number of halogens is 3. The van der Waals surface area contributed by atoms with E-state index in [1.165, 1.54) is 18.2 Å². The van der Waals surface area contributed by atoms with E-state index in [1.54, 1.807) is 24.3 Å². The Bertz CT molecular complexity index is 591. The summed E-state index contributed by atoms with van der Waals surface area (Å²) in [5, 5.41) is 10.9. The lowest BCUT2D eigenvalue weighted by molar-refractivity contribution is 0.145. The molecule has 0 saturated heterocycles. The molecule has 0 amide bonds. The fourth-order valence-corrected chi connectivity index (χ4v) is 2.20. The van der Waals surface area contributed by atoms with E-state index in [-0.39, 0.29) is 10.6 Å². The fraction of sp³-hybridized carbons (Fsp3) is 0.143. The van der Waals surface area contributed by atoms with Crippen molar-refractivity contribution >= 4 is 23.2 Å². The molecule has 0 aliphatic rings. The molecule has 100 valence electrons. The van der Waals surface area contributed by atoms with Crippen LogP contribution in [0.4, 0.5) is 4.39 Å². The first-order valence-corrected chi connectivity index (χ1v) is 6.38. The quantitative estimate of drug-likeness (QED) is 0.904. The van der Waals surface area contributed by atoms with Crippen LogP contribution in [0.5, 0.6) is 0 Å². The van der Waals surface area contributed by atoms with Gasteiger partial charge in [0, 0.05) is 15.6 Å². The second kappa shape index (κ2) is 5.88. The molecule has 0 fully saturated rings. The highest BCUT2D eigenvalue weighted by Crippen LogP contribution is 2.30. The summed E-state index contributed by atoms with van der Waals surface area (Å²) in [6.07, 6.45) is -1.05. The lowest BCUT2D eigenvalue weighted by Crippen LogP contribution is -2.20. The minimum absolute atomic E-state index is 0.205. The molecule has 2 aromatic rings. The minimum atomic E-state index is -1.05. The number of benzene rings is 2. The van der Waals surface area contributed by atoms with Gasteiger partial charge >= 0.3 is 0 Å². The maximum absolute atomic E-state index is 13.8. The summed E-state index contributed by atoms with van der Waals surface area (Å²) in [5.74, 6) is -0.541. The van der Waals surface area contributed by atoms with Crippen LogP contribution in [0.15, 0.2) is 42.5 Å². The normalized spacial score (nSPS) is 14.2. The van der Waals surface area contributed by atoms with Gasteiger partial charge in [0.15, 0.2) is 0 Å². The summed E-state index contributed by atoms with van der Waals surface area (Å²) >= 11 is 11.5. The largest absolute Gasteiger partial charge is 0.386 e. The molecule has 0 aliphatic heterocycles. The van der Waals surface area contributed by atoms with Gasteiger partial charge < -0.3 is 10.8 Å². The zero-order valence-electron chi connectivity index (χ0n) is 9.85. The molecular weight excluding hydrogens is 288 g/mol. The van der Waals surface area contributed by atoms with Gasteiger partial charge in [-0.25, -0.2) is 4.39 Å². The van der Waals surface area contributed by atoms with E-state index in [2.05, 4.69) is 0 Å². The van der Waals surface area contributed by atoms with E-state index in [1.807, 2.05) is 0 Å². The van der Waals surface area contributed by atoms with Crippen molar-refractivity contribution in [1.29, 1.82) is 0 Å². The average Bonchev–Trinajstić information content (AvgIpc) is 2.37. The van der Waals surface area contributed by atoms with Crippen molar-refractivity contribution in [1.82, 2.24) is 0 Å². The zero-order valence-corrected chi connectivity index (χ0v) is 11.4. The number of hydrogen-bond donors (Lipinski definition) is 2. The molecule has 19 heavy (non-hydrogen) atoms. The standard InChI is InChI=1S/C14H12Cl2FNO/c15-9-3-1-2-8(6-9)14(19)13(18)11-5-4-10(16)7-12(11)17/h1-7,13-14,19H,18H2/t13-,14?/m1/s1. The molecule has 2 rings (SSSR count). The molecule has 0 saturated carbocycles. The third-order valence-electron chi connectivity index (χ3n) is 2.85. The Morgan fingerprint density at radius 2 is 1.74 bits per heavy atom. The van der Waals surface area contributed by atoms with Crippen LogP contribution < -0.4 is 5.73 Å².